The molecule has 164 valence electrons. The van der Waals surface area contributed by atoms with Crippen molar-refractivity contribution < 1.29 is 36.3 Å². The maximum atomic E-state index is 13.5. The molecule has 1 aromatic carbocycles. The first-order valence-corrected chi connectivity index (χ1v) is 12.1. The van der Waals surface area contributed by atoms with E-state index < -0.39 is 22.0 Å². The van der Waals surface area contributed by atoms with Crippen molar-refractivity contribution in [2.45, 2.75) is 40.8 Å². The van der Waals surface area contributed by atoms with Crippen LogP contribution in [0.2, 0.25) is 0 Å². The number of halogens is 1. The van der Waals surface area contributed by atoms with Gasteiger partial charge in [0.2, 0.25) is 0 Å². The summed E-state index contributed by atoms with van der Waals surface area (Å²) in [6.07, 6.45) is 0.0512. The summed E-state index contributed by atoms with van der Waals surface area (Å²) in [6, 6.07) is 4.42. The van der Waals surface area contributed by atoms with Crippen molar-refractivity contribution in [1.29, 1.82) is 0 Å². The summed E-state index contributed by atoms with van der Waals surface area (Å²) in [4.78, 5) is 0. The van der Waals surface area contributed by atoms with E-state index in [0.29, 0.717) is 25.4 Å². The highest BCUT2D eigenvalue weighted by Gasteiger charge is 2.24. The molecule has 0 aliphatic heterocycles. The van der Waals surface area contributed by atoms with Crippen LogP contribution in [0.4, 0.5) is 4.39 Å². The Morgan fingerprint density at radius 1 is 0.893 bits per heavy atom. The van der Waals surface area contributed by atoms with Gasteiger partial charge >= 0.3 is 16.2 Å². The van der Waals surface area contributed by atoms with E-state index in [4.69, 9.17) is 27.4 Å². The molecule has 0 fully saturated rings. The van der Waals surface area contributed by atoms with Crippen LogP contribution in [0.1, 0.15) is 40.2 Å². The summed E-state index contributed by atoms with van der Waals surface area (Å²) < 4.78 is 56.3. The number of benzene rings is 1. The van der Waals surface area contributed by atoms with Gasteiger partial charge in [-0.15, -0.1) is 0 Å². The van der Waals surface area contributed by atoms with Crippen LogP contribution in [0, 0.1) is 5.82 Å². The van der Waals surface area contributed by atoms with Gasteiger partial charge in [-0.1, -0.05) is 6.07 Å². The summed E-state index contributed by atoms with van der Waals surface area (Å²) in [6.45, 7) is 11.8. The first kappa shape index (κ1) is 27.4. The highest BCUT2D eigenvalue weighted by Crippen LogP contribution is 2.51. The fourth-order valence-electron chi connectivity index (χ4n) is 1.98. The maximum Gasteiger partial charge on any atom is 0.335 e. The van der Waals surface area contributed by atoms with Gasteiger partial charge in [-0.2, -0.15) is 0 Å². The summed E-state index contributed by atoms with van der Waals surface area (Å²) in [5, 5.41) is 0. The molecule has 0 bridgehead atoms. The average Bonchev–Trinajstić information content (AvgIpc) is 2.63. The molecule has 0 unspecified atom stereocenters. The zero-order valence-corrected chi connectivity index (χ0v) is 19.4. The second-order valence-electron chi connectivity index (χ2n) is 5.05. The van der Waals surface area contributed by atoms with Crippen molar-refractivity contribution in [3.05, 3.63) is 29.6 Å². The van der Waals surface area contributed by atoms with Gasteiger partial charge < -0.3 is 27.4 Å². The molecule has 0 aliphatic carbocycles. The van der Waals surface area contributed by atoms with Gasteiger partial charge in [-0.25, -0.2) is 4.39 Å². The quantitative estimate of drug-likeness (QED) is 0.351. The van der Waals surface area contributed by atoms with Crippen molar-refractivity contribution in [2.75, 3.05) is 40.1 Å². The maximum absolute atomic E-state index is 13.5. The Bertz CT molecular complexity index is 551. The predicted octanol–water partition coefficient (Wildman–Crippen LogP) is 5.92. The van der Waals surface area contributed by atoms with Gasteiger partial charge in [0.25, 0.3) is 0 Å². The lowest BCUT2D eigenvalue weighted by atomic mass is 10.2. The summed E-state index contributed by atoms with van der Waals surface area (Å²) in [5.41, 5.74) is 0.554. The molecule has 0 radical (unpaired) electrons. The fraction of sp³-hybridized carbons (Fsp3) is 0.667. The molecular formula is C18H33FO7P2. The lowest BCUT2D eigenvalue weighted by Gasteiger charge is -2.17. The number of hydrogen-bond donors (Lipinski definition) is 0. The molecule has 10 heteroatoms. The standard InChI is InChI=1S/C12H18FO4P.C6H15O3P/c1-4-16-18(14,17-5-2)9-10-6-7-12(15-3)11(13)8-10;1-4-7-10(8-5-2)9-6-3/h6-8H,4-5,9H2,1-3H3;4-6H2,1-3H3. The summed E-state index contributed by atoms with van der Waals surface area (Å²) in [7, 11) is -2.86. The molecule has 0 amide bonds. The molecule has 0 N–H and O–H groups in total. The molecule has 0 heterocycles. The van der Waals surface area contributed by atoms with Gasteiger partial charge in [-0.3, -0.25) is 4.57 Å². The zero-order valence-electron chi connectivity index (χ0n) is 17.6. The highest BCUT2D eigenvalue weighted by atomic mass is 31.2. The predicted molar refractivity (Wildman–Crippen MR) is 109 cm³/mol. The Balaban J connectivity index is 0.000000621. The van der Waals surface area contributed by atoms with Crippen molar-refractivity contribution in [3.63, 3.8) is 0 Å². The molecule has 1 rings (SSSR count). The van der Waals surface area contributed by atoms with Crippen LogP contribution >= 0.6 is 16.2 Å². The molecular weight excluding hydrogens is 409 g/mol. The topological polar surface area (TPSA) is 72.5 Å². The van der Waals surface area contributed by atoms with E-state index in [1.807, 2.05) is 20.8 Å². The molecule has 7 nitrogen and oxygen atoms in total. The second-order valence-corrected chi connectivity index (χ2v) is 8.33. The van der Waals surface area contributed by atoms with E-state index in [1.165, 1.54) is 19.2 Å². The van der Waals surface area contributed by atoms with Crippen LogP contribution in [-0.2, 0) is 33.3 Å². The average molecular weight is 442 g/mol. The molecule has 1 aromatic rings. The Kier molecular flexibility index (Phi) is 15.9. The van der Waals surface area contributed by atoms with Crippen LogP contribution in [0.25, 0.3) is 0 Å². The van der Waals surface area contributed by atoms with E-state index >= 15 is 0 Å². The van der Waals surface area contributed by atoms with Crippen molar-refractivity contribution in [2.24, 2.45) is 0 Å². The molecule has 0 spiro atoms. The summed E-state index contributed by atoms with van der Waals surface area (Å²) >= 11 is 0. The van der Waals surface area contributed by atoms with Crippen molar-refractivity contribution in [1.82, 2.24) is 0 Å². The largest absolute Gasteiger partial charge is 0.494 e. The van der Waals surface area contributed by atoms with E-state index in [0.717, 1.165) is 0 Å². The first-order chi connectivity index (χ1) is 13.4. The minimum absolute atomic E-state index is 0.0512. The number of hydrogen-bond acceptors (Lipinski definition) is 7. The molecule has 0 aromatic heterocycles. The van der Waals surface area contributed by atoms with Gasteiger partial charge in [0.05, 0.1) is 46.3 Å². The monoisotopic (exact) mass is 442 g/mol. The second kappa shape index (κ2) is 16.2. The van der Waals surface area contributed by atoms with E-state index in [-0.39, 0.29) is 25.1 Å². The lowest BCUT2D eigenvalue weighted by molar-refractivity contribution is 0.176. The van der Waals surface area contributed by atoms with Crippen molar-refractivity contribution >= 4 is 16.2 Å². The van der Waals surface area contributed by atoms with Gasteiger partial charge in [0, 0.05) is 0 Å². The Morgan fingerprint density at radius 2 is 1.39 bits per heavy atom. The number of methoxy groups -OCH3 is 1. The van der Waals surface area contributed by atoms with Crippen LogP contribution < -0.4 is 4.74 Å². The highest BCUT2D eigenvalue weighted by molar-refractivity contribution is 7.53. The SMILES string of the molecule is CCOP(=O)(Cc1ccc(OC)c(F)c1)OCC.CCOP(OCC)OCC. The van der Waals surface area contributed by atoms with Gasteiger partial charge in [0.1, 0.15) is 0 Å². The van der Waals surface area contributed by atoms with Gasteiger partial charge in [0.15, 0.2) is 11.6 Å². The third kappa shape index (κ3) is 11.4. The zero-order chi connectivity index (χ0) is 21.4. The van der Waals surface area contributed by atoms with Gasteiger partial charge in [-0.05, 0) is 52.3 Å². The normalized spacial score (nSPS) is 11.3. The molecule has 0 saturated carbocycles. The fourth-order valence-corrected chi connectivity index (χ4v) is 4.53. The van der Waals surface area contributed by atoms with Crippen molar-refractivity contribution in [3.8, 4) is 5.75 Å². The number of ether oxygens (including phenoxy) is 1. The first-order valence-electron chi connectivity index (χ1n) is 9.28. The van der Waals surface area contributed by atoms with Crippen LogP contribution in [0.3, 0.4) is 0 Å². The van der Waals surface area contributed by atoms with E-state index in [1.54, 1.807) is 19.9 Å². The number of rotatable bonds is 13. The summed E-state index contributed by atoms with van der Waals surface area (Å²) in [5.74, 6) is -0.337. The third-order valence-corrected chi connectivity index (χ3v) is 6.41. The molecule has 0 aliphatic rings. The Morgan fingerprint density at radius 3 is 1.75 bits per heavy atom. The van der Waals surface area contributed by atoms with Crippen LogP contribution in [0.5, 0.6) is 5.75 Å². The molecule has 0 atom stereocenters. The molecule has 0 saturated heterocycles. The smallest absolute Gasteiger partial charge is 0.335 e. The Labute approximate surface area is 169 Å². The minimum atomic E-state index is -3.19. The van der Waals surface area contributed by atoms with Crippen LogP contribution in [0.15, 0.2) is 18.2 Å². The lowest BCUT2D eigenvalue weighted by Crippen LogP contribution is -2.00. The third-order valence-electron chi connectivity index (χ3n) is 2.95. The van der Waals surface area contributed by atoms with E-state index in [9.17, 15) is 8.96 Å². The molecule has 28 heavy (non-hydrogen) atoms. The Hall–Kier alpha value is -0.590. The van der Waals surface area contributed by atoms with E-state index in [2.05, 4.69) is 0 Å². The van der Waals surface area contributed by atoms with Crippen LogP contribution in [-0.4, -0.2) is 40.1 Å². The minimum Gasteiger partial charge on any atom is -0.494 e.